The third-order valence-corrected chi connectivity index (χ3v) is 4.53. The molecule has 132 valence electrons. The van der Waals surface area contributed by atoms with Crippen LogP contribution in [-0.4, -0.2) is 47.9 Å². The van der Waals surface area contributed by atoms with Crippen LogP contribution < -0.4 is 9.47 Å². The van der Waals surface area contributed by atoms with Crippen LogP contribution in [0.2, 0.25) is 0 Å². The van der Waals surface area contributed by atoms with E-state index in [1.165, 1.54) is 4.90 Å². The maximum Gasteiger partial charge on any atom is 0.251 e. The van der Waals surface area contributed by atoms with E-state index in [0.717, 1.165) is 6.54 Å². The predicted octanol–water partition coefficient (Wildman–Crippen LogP) is 2.57. The molecule has 0 saturated heterocycles. The Morgan fingerprint density at radius 2 is 2.04 bits per heavy atom. The lowest BCUT2D eigenvalue weighted by molar-refractivity contribution is -0.127. The number of hydrogen-bond donors (Lipinski definition) is 0. The van der Waals surface area contributed by atoms with E-state index in [9.17, 15) is 9.59 Å². The molecule has 0 N–H and O–H groups in total. The van der Waals surface area contributed by atoms with Crippen molar-refractivity contribution in [2.24, 2.45) is 0 Å². The second-order valence-electron chi connectivity index (χ2n) is 6.10. The number of benzene rings is 1. The van der Waals surface area contributed by atoms with E-state index in [0.29, 0.717) is 29.1 Å². The van der Waals surface area contributed by atoms with Crippen molar-refractivity contribution in [2.45, 2.75) is 26.3 Å². The van der Waals surface area contributed by atoms with E-state index < -0.39 is 6.04 Å². The van der Waals surface area contributed by atoms with Crippen LogP contribution in [0.15, 0.2) is 42.2 Å². The van der Waals surface area contributed by atoms with Crippen LogP contribution in [-0.2, 0) is 4.79 Å². The number of ether oxygens (including phenoxy) is 2. The standard InChI is InChI=1S/C19H22N2O4/c1-4-21-9-5-6-15(11-21)19(23)20(3)13(2)18(22)14-7-8-16-17(10-14)25-12-24-16/h5,7-11,13H,4,6,12H2,1-3H3/t13-/m0/s1. The number of fused-ring (bicyclic) bond motifs is 1. The number of allylic oxidation sites excluding steroid dienone is 1. The van der Waals surface area contributed by atoms with Crippen LogP contribution in [0.5, 0.6) is 11.5 Å². The Kier molecular flexibility index (Phi) is 4.79. The van der Waals surface area contributed by atoms with Crippen molar-refractivity contribution < 1.29 is 19.1 Å². The monoisotopic (exact) mass is 342 g/mol. The van der Waals surface area contributed by atoms with Gasteiger partial charge in [-0.3, -0.25) is 9.59 Å². The number of rotatable bonds is 5. The molecule has 3 rings (SSSR count). The molecule has 0 fully saturated rings. The van der Waals surface area contributed by atoms with E-state index in [4.69, 9.17) is 9.47 Å². The molecule has 2 aliphatic rings. The summed E-state index contributed by atoms with van der Waals surface area (Å²) >= 11 is 0. The highest BCUT2D eigenvalue weighted by Gasteiger charge is 2.27. The summed E-state index contributed by atoms with van der Waals surface area (Å²) in [4.78, 5) is 28.9. The Morgan fingerprint density at radius 1 is 1.28 bits per heavy atom. The van der Waals surface area contributed by atoms with Crippen molar-refractivity contribution in [3.05, 3.63) is 47.8 Å². The van der Waals surface area contributed by atoms with Gasteiger partial charge >= 0.3 is 0 Å². The molecule has 0 aliphatic carbocycles. The highest BCUT2D eigenvalue weighted by Crippen LogP contribution is 2.33. The van der Waals surface area contributed by atoms with E-state index >= 15 is 0 Å². The molecule has 0 spiro atoms. The van der Waals surface area contributed by atoms with Crippen molar-refractivity contribution in [1.29, 1.82) is 0 Å². The summed E-state index contributed by atoms with van der Waals surface area (Å²) < 4.78 is 10.6. The van der Waals surface area contributed by atoms with Crippen molar-refractivity contribution in [1.82, 2.24) is 9.80 Å². The first-order valence-electron chi connectivity index (χ1n) is 8.35. The van der Waals surface area contributed by atoms with Crippen molar-refractivity contribution in [2.75, 3.05) is 20.4 Å². The molecule has 2 aliphatic heterocycles. The topological polar surface area (TPSA) is 59.1 Å². The first kappa shape index (κ1) is 17.1. The number of ketones is 1. The van der Waals surface area contributed by atoms with Crippen LogP contribution in [0.25, 0.3) is 0 Å². The lowest BCUT2D eigenvalue weighted by Crippen LogP contribution is -2.41. The third kappa shape index (κ3) is 3.38. The third-order valence-electron chi connectivity index (χ3n) is 4.53. The minimum Gasteiger partial charge on any atom is -0.454 e. The molecular weight excluding hydrogens is 320 g/mol. The van der Waals surface area contributed by atoms with Crippen molar-refractivity contribution in [3.63, 3.8) is 0 Å². The zero-order chi connectivity index (χ0) is 18.0. The Hall–Kier alpha value is -2.76. The summed E-state index contributed by atoms with van der Waals surface area (Å²) in [6, 6.07) is 4.51. The molecule has 6 heteroatoms. The number of hydrogen-bond acceptors (Lipinski definition) is 5. The molecule has 1 aromatic carbocycles. The van der Waals surface area contributed by atoms with E-state index in [1.807, 2.05) is 30.3 Å². The Labute approximate surface area is 147 Å². The lowest BCUT2D eigenvalue weighted by Gasteiger charge is -2.27. The van der Waals surface area contributed by atoms with Gasteiger partial charge in [-0.25, -0.2) is 0 Å². The molecule has 6 nitrogen and oxygen atoms in total. The molecule has 0 aromatic heterocycles. The van der Waals surface area contributed by atoms with Crippen LogP contribution in [0, 0.1) is 0 Å². The molecule has 0 radical (unpaired) electrons. The van der Waals surface area contributed by atoms with E-state index in [-0.39, 0.29) is 18.5 Å². The average molecular weight is 342 g/mol. The highest BCUT2D eigenvalue weighted by atomic mass is 16.7. The minimum atomic E-state index is -0.574. The zero-order valence-corrected chi connectivity index (χ0v) is 14.7. The van der Waals surface area contributed by atoms with Gasteiger partial charge < -0.3 is 19.3 Å². The SMILES string of the molecule is CCN1C=CCC(C(=O)N(C)[C@@H](C)C(=O)c2ccc3c(c2)OCO3)=C1. The number of Topliss-reactive ketones (excluding diaryl/α,β-unsaturated/α-hetero) is 1. The van der Waals surface area contributed by atoms with Gasteiger partial charge in [0.25, 0.3) is 5.91 Å². The summed E-state index contributed by atoms with van der Waals surface area (Å²) in [6.07, 6.45) is 6.33. The van der Waals surface area contributed by atoms with Gasteiger partial charge in [0, 0.05) is 30.9 Å². The normalized spacial score (nSPS) is 16.4. The molecule has 0 unspecified atom stereocenters. The molecule has 2 heterocycles. The molecule has 25 heavy (non-hydrogen) atoms. The van der Waals surface area contributed by atoms with Crippen LogP contribution >= 0.6 is 0 Å². The lowest BCUT2D eigenvalue weighted by atomic mass is 10.0. The minimum absolute atomic E-state index is 0.131. The molecule has 1 atom stereocenters. The van der Waals surface area contributed by atoms with Gasteiger partial charge in [-0.1, -0.05) is 6.08 Å². The smallest absolute Gasteiger partial charge is 0.251 e. The summed E-state index contributed by atoms with van der Waals surface area (Å²) in [6.45, 7) is 4.71. The number of carbonyl (C=O) groups is 2. The zero-order valence-electron chi connectivity index (χ0n) is 14.7. The quantitative estimate of drug-likeness (QED) is 0.770. The van der Waals surface area contributed by atoms with Crippen molar-refractivity contribution >= 4 is 11.7 Å². The first-order valence-corrected chi connectivity index (χ1v) is 8.35. The fraction of sp³-hybridized carbons (Fsp3) is 0.368. The Bertz CT molecular complexity index is 754. The maximum absolute atomic E-state index is 12.8. The predicted molar refractivity (Wildman–Crippen MR) is 93.3 cm³/mol. The summed E-state index contributed by atoms with van der Waals surface area (Å²) in [7, 11) is 1.66. The number of likely N-dealkylation sites (N-methyl/N-ethyl adjacent to an activating group) is 1. The average Bonchev–Trinajstić information content (AvgIpc) is 3.13. The second-order valence-corrected chi connectivity index (χ2v) is 6.10. The number of nitrogens with zero attached hydrogens (tertiary/aromatic N) is 2. The van der Waals surface area contributed by atoms with Gasteiger partial charge in [0.2, 0.25) is 6.79 Å². The highest BCUT2D eigenvalue weighted by molar-refractivity contribution is 6.04. The van der Waals surface area contributed by atoms with Gasteiger partial charge in [0.1, 0.15) is 0 Å². The molecule has 1 amide bonds. The Balaban J connectivity index is 1.73. The largest absolute Gasteiger partial charge is 0.454 e. The fourth-order valence-electron chi connectivity index (χ4n) is 2.82. The van der Waals surface area contributed by atoms with Gasteiger partial charge in [-0.2, -0.15) is 0 Å². The summed E-state index contributed by atoms with van der Waals surface area (Å²) in [5.41, 5.74) is 1.18. The van der Waals surface area contributed by atoms with Crippen LogP contribution in [0.1, 0.15) is 30.6 Å². The second kappa shape index (κ2) is 7.01. The Morgan fingerprint density at radius 3 is 2.80 bits per heavy atom. The molecule has 1 aromatic rings. The van der Waals surface area contributed by atoms with E-state index in [1.54, 1.807) is 32.2 Å². The molecule has 0 saturated carbocycles. The van der Waals surface area contributed by atoms with Gasteiger partial charge in [0.15, 0.2) is 17.3 Å². The van der Waals surface area contributed by atoms with Gasteiger partial charge in [-0.15, -0.1) is 0 Å². The first-order chi connectivity index (χ1) is 12.0. The van der Waals surface area contributed by atoms with Gasteiger partial charge in [-0.05, 0) is 44.7 Å². The van der Waals surface area contributed by atoms with E-state index in [2.05, 4.69) is 0 Å². The molecular formula is C19H22N2O4. The number of amides is 1. The number of carbonyl (C=O) groups excluding carboxylic acids is 2. The van der Waals surface area contributed by atoms with Gasteiger partial charge in [0.05, 0.1) is 6.04 Å². The van der Waals surface area contributed by atoms with Crippen LogP contribution in [0.4, 0.5) is 0 Å². The fourth-order valence-corrected chi connectivity index (χ4v) is 2.82. The molecule has 0 bridgehead atoms. The van der Waals surface area contributed by atoms with Crippen molar-refractivity contribution in [3.8, 4) is 11.5 Å². The summed E-state index contributed by atoms with van der Waals surface area (Å²) in [5, 5.41) is 0. The maximum atomic E-state index is 12.8. The van der Waals surface area contributed by atoms with Crippen LogP contribution in [0.3, 0.4) is 0 Å². The summed E-state index contributed by atoms with van der Waals surface area (Å²) in [5.74, 6) is 0.927.